The number of nitrogens with one attached hydrogen (secondary N) is 2. The molecule has 160 valence electrons. The molecule has 2 heterocycles. The second-order valence-electron chi connectivity index (χ2n) is 7.10. The van der Waals surface area contributed by atoms with E-state index in [0.717, 1.165) is 64.0 Å². The van der Waals surface area contributed by atoms with Gasteiger partial charge < -0.3 is 20.3 Å². The van der Waals surface area contributed by atoms with Crippen LogP contribution in [0.2, 0.25) is 0 Å². The van der Waals surface area contributed by atoms with E-state index in [1.807, 2.05) is 6.20 Å². The van der Waals surface area contributed by atoms with Crippen molar-refractivity contribution in [1.82, 2.24) is 15.6 Å². The van der Waals surface area contributed by atoms with Crippen molar-refractivity contribution in [2.24, 2.45) is 4.99 Å². The molecule has 1 fully saturated rings. The summed E-state index contributed by atoms with van der Waals surface area (Å²) in [7, 11) is 1.80. The zero-order valence-electron chi connectivity index (χ0n) is 17.6. The van der Waals surface area contributed by atoms with Crippen molar-refractivity contribution < 1.29 is 4.74 Å². The van der Waals surface area contributed by atoms with Crippen molar-refractivity contribution in [1.29, 1.82) is 0 Å². The number of guanidine groups is 1. The summed E-state index contributed by atoms with van der Waals surface area (Å²) in [6, 6.07) is 4.31. The molecular weight excluding hydrogens is 465 g/mol. The number of hydrogen-bond donors (Lipinski definition) is 2. The highest BCUT2D eigenvalue weighted by Gasteiger charge is 2.10. The second-order valence-corrected chi connectivity index (χ2v) is 7.10. The van der Waals surface area contributed by atoms with Crippen molar-refractivity contribution in [2.75, 3.05) is 44.8 Å². The Morgan fingerprint density at radius 1 is 1.11 bits per heavy atom. The van der Waals surface area contributed by atoms with Gasteiger partial charge in [-0.05, 0) is 37.3 Å². The molecule has 0 saturated carbocycles. The quantitative estimate of drug-likeness (QED) is 0.219. The first-order valence-corrected chi connectivity index (χ1v) is 10.6. The van der Waals surface area contributed by atoms with Crippen LogP contribution < -0.4 is 15.5 Å². The zero-order chi connectivity index (χ0) is 19.2. The predicted octanol–water partition coefficient (Wildman–Crippen LogP) is 3.95. The van der Waals surface area contributed by atoms with E-state index in [1.165, 1.54) is 37.7 Å². The summed E-state index contributed by atoms with van der Waals surface area (Å²) in [5.41, 5.74) is 1.17. The Labute approximate surface area is 187 Å². The summed E-state index contributed by atoms with van der Waals surface area (Å²) in [4.78, 5) is 11.4. The molecular formula is C21H38IN5O. The number of anilines is 1. The lowest BCUT2D eigenvalue weighted by Crippen LogP contribution is -2.37. The number of hydrogen-bond acceptors (Lipinski definition) is 4. The minimum atomic E-state index is 0. The molecule has 2 N–H and O–H groups in total. The highest BCUT2D eigenvalue weighted by Crippen LogP contribution is 2.17. The first-order chi connectivity index (χ1) is 13.3. The molecule has 0 aliphatic carbocycles. The Balaban J connectivity index is 0.00000392. The number of aromatic nitrogens is 1. The Hall–Kier alpha value is -1.09. The Morgan fingerprint density at radius 2 is 1.86 bits per heavy atom. The molecule has 1 aromatic rings. The fraction of sp³-hybridized carbons (Fsp3) is 0.714. The van der Waals surface area contributed by atoms with Gasteiger partial charge in [-0.1, -0.05) is 32.3 Å². The van der Waals surface area contributed by atoms with E-state index < -0.39 is 0 Å². The van der Waals surface area contributed by atoms with E-state index in [9.17, 15) is 0 Å². The third kappa shape index (κ3) is 9.91. The van der Waals surface area contributed by atoms with Crippen LogP contribution in [0.3, 0.4) is 0 Å². The molecule has 28 heavy (non-hydrogen) atoms. The monoisotopic (exact) mass is 503 g/mol. The van der Waals surface area contributed by atoms with Gasteiger partial charge in [0.15, 0.2) is 5.96 Å². The molecule has 1 aromatic heterocycles. The molecule has 0 bridgehead atoms. The largest absolute Gasteiger partial charge is 0.381 e. The first-order valence-electron chi connectivity index (χ1n) is 10.6. The van der Waals surface area contributed by atoms with Crippen LogP contribution in [0.5, 0.6) is 0 Å². The van der Waals surface area contributed by atoms with E-state index in [4.69, 9.17) is 4.74 Å². The lowest BCUT2D eigenvalue weighted by atomic mass is 10.2. The van der Waals surface area contributed by atoms with Gasteiger partial charge in [-0.2, -0.15) is 0 Å². The van der Waals surface area contributed by atoms with Crippen LogP contribution in [0, 0.1) is 0 Å². The van der Waals surface area contributed by atoms with E-state index in [1.54, 1.807) is 7.05 Å². The highest BCUT2D eigenvalue weighted by molar-refractivity contribution is 14.0. The van der Waals surface area contributed by atoms with Crippen molar-refractivity contribution in [3.8, 4) is 0 Å². The number of pyridine rings is 1. The summed E-state index contributed by atoms with van der Waals surface area (Å²) in [5, 5.41) is 6.68. The molecule has 7 heteroatoms. The van der Waals surface area contributed by atoms with Crippen molar-refractivity contribution >= 4 is 35.8 Å². The number of nitrogens with zero attached hydrogens (tertiary/aromatic N) is 3. The van der Waals surface area contributed by atoms with Crippen molar-refractivity contribution in [3.63, 3.8) is 0 Å². The molecule has 0 aromatic carbocycles. The molecule has 1 aliphatic rings. The maximum atomic E-state index is 5.58. The van der Waals surface area contributed by atoms with E-state index in [0.29, 0.717) is 0 Å². The van der Waals surface area contributed by atoms with Gasteiger partial charge in [0.2, 0.25) is 0 Å². The Morgan fingerprint density at radius 3 is 2.50 bits per heavy atom. The van der Waals surface area contributed by atoms with Crippen molar-refractivity contribution in [2.45, 2.75) is 58.4 Å². The maximum absolute atomic E-state index is 5.58. The van der Waals surface area contributed by atoms with Crippen LogP contribution in [-0.2, 0) is 11.3 Å². The van der Waals surface area contributed by atoms with Gasteiger partial charge in [0, 0.05) is 52.6 Å². The average Bonchev–Trinajstić information content (AvgIpc) is 2.99. The molecule has 2 rings (SSSR count). The van der Waals surface area contributed by atoms with Gasteiger partial charge >= 0.3 is 0 Å². The minimum Gasteiger partial charge on any atom is -0.381 e. The summed E-state index contributed by atoms with van der Waals surface area (Å²) in [6.07, 6.45) is 10.5. The third-order valence-corrected chi connectivity index (χ3v) is 4.82. The summed E-state index contributed by atoms with van der Waals surface area (Å²) in [6.45, 7) is 7.68. The van der Waals surface area contributed by atoms with Gasteiger partial charge in [-0.25, -0.2) is 4.98 Å². The highest BCUT2D eigenvalue weighted by atomic mass is 127. The summed E-state index contributed by atoms with van der Waals surface area (Å²) in [5.74, 6) is 1.92. The van der Waals surface area contributed by atoms with Crippen molar-refractivity contribution in [3.05, 3.63) is 23.9 Å². The van der Waals surface area contributed by atoms with Crippen LogP contribution >= 0.6 is 24.0 Å². The number of halogens is 1. The van der Waals surface area contributed by atoms with E-state index in [2.05, 4.69) is 44.6 Å². The molecule has 1 saturated heterocycles. The lowest BCUT2D eigenvalue weighted by molar-refractivity contribution is 0.129. The molecule has 6 nitrogen and oxygen atoms in total. The molecule has 0 spiro atoms. The molecule has 0 radical (unpaired) electrons. The predicted molar refractivity (Wildman–Crippen MR) is 129 cm³/mol. The van der Waals surface area contributed by atoms with Crippen LogP contribution in [0.4, 0.5) is 5.82 Å². The fourth-order valence-corrected chi connectivity index (χ4v) is 3.14. The third-order valence-electron chi connectivity index (χ3n) is 4.82. The lowest BCUT2D eigenvalue weighted by Gasteiger charge is -2.21. The maximum Gasteiger partial charge on any atom is 0.191 e. The number of aliphatic imine (C=N–C) groups is 1. The summed E-state index contributed by atoms with van der Waals surface area (Å²) < 4.78 is 5.58. The van der Waals surface area contributed by atoms with Crippen LogP contribution in [-0.4, -0.2) is 50.8 Å². The first kappa shape index (κ1) is 24.9. The van der Waals surface area contributed by atoms with Gasteiger partial charge in [0.05, 0.1) is 0 Å². The van der Waals surface area contributed by atoms with Gasteiger partial charge in [-0.3, -0.25) is 4.99 Å². The Kier molecular flexibility index (Phi) is 14.1. The van der Waals surface area contributed by atoms with Gasteiger partial charge in [0.1, 0.15) is 5.82 Å². The Bertz CT molecular complexity index is 530. The van der Waals surface area contributed by atoms with E-state index in [-0.39, 0.29) is 24.0 Å². The second kappa shape index (κ2) is 15.8. The molecule has 0 unspecified atom stereocenters. The average molecular weight is 503 g/mol. The molecule has 1 aliphatic heterocycles. The topological polar surface area (TPSA) is 61.8 Å². The summed E-state index contributed by atoms with van der Waals surface area (Å²) >= 11 is 0. The minimum absolute atomic E-state index is 0. The number of ether oxygens (including phenoxy) is 1. The van der Waals surface area contributed by atoms with Crippen LogP contribution in [0.15, 0.2) is 23.3 Å². The zero-order valence-corrected chi connectivity index (χ0v) is 19.9. The van der Waals surface area contributed by atoms with E-state index >= 15 is 0 Å². The smallest absolute Gasteiger partial charge is 0.191 e. The van der Waals surface area contributed by atoms with Gasteiger partial charge in [-0.15, -0.1) is 24.0 Å². The standard InChI is InChI=1S/C21H37N5O.HI/c1-3-4-15-27-16-9-12-23-21(22-2)25-18-19-10-11-20(24-17-19)26-13-7-5-6-8-14-26;/h10-11,17H,3-9,12-16,18H2,1-2H3,(H2,22,23,25);1H. The van der Waals surface area contributed by atoms with Gasteiger partial charge in [0.25, 0.3) is 0 Å². The van der Waals surface area contributed by atoms with Crippen LogP contribution in [0.25, 0.3) is 0 Å². The molecule has 0 atom stereocenters. The van der Waals surface area contributed by atoms with Crippen LogP contribution in [0.1, 0.15) is 57.4 Å². The number of rotatable bonds is 10. The SMILES string of the molecule is CCCCOCCCNC(=NC)NCc1ccc(N2CCCCCC2)nc1.I. The number of unbranched alkanes of at least 4 members (excludes halogenated alkanes) is 1. The molecule has 0 amide bonds. The fourth-order valence-electron chi connectivity index (χ4n) is 3.14. The normalized spacial score (nSPS) is 14.9.